The van der Waals surface area contributed by atoms with Crippen molar-refractivity contribution >= 4 is 29.0 Å². The Morgan fingerprint density at radius 1 is 1.25 bits per heavy atom. The molecule has 106 valence electrons. The Balaban J connectivity index is 2.18. The first-order chi connectivity index (χ1) is 9.49. The lowest BCUT2D eigenvalue weighted by Gasteiger charge is -2.14. The molecule has 0 spiro atoms. The van der Waals surface area contributed by atoms with E-state index in [1.807, 2.05) is 13.8 Å². The molecule has 0 aliphatic rings. The number of anilines is 1. The van der Waals surface area contributed by atoms with Crippen LogP contribution in [0.3, 0.4) is 0 Å². The Morgan fingerprint density at radius 2 is 2.00 bits per heavy atom. The van der Waals surface area contributed by atoms with E-state index in [1.165, 1.54) is 12.4 Å². The van der Waals surface area contributed by atoms with Gasteiger partial charge in [0.15, 0.2) is 0 Å². The van der Waals surface area contributed by atoms with Crippen molar-refractivity contribution in [3.05, 3.63) is 51.6 Å². The second kappa shape index (κ2) is 6.37. The van der Waals surface area contributed by atoms with Crippen LogP contribution in [0.15, 0.2) is 24.5 Å². The Labute approximate surface area is 127 Å². The minimum Gasteiger partial charge on any atom is -0.366 e. The average Bonchev–Trinajstić information content (AvgIpc) is 2.39. The molecule has 20 heavy (non-hydrogen) atoms. The molecule has 0 unspecified atom stereocenters. The second-order valence-electron chi connectivity index (χ2n) is 4.68. The van der Waals surface area contributed by atoms with E-state index in [9.17, 15) is 4.39 Å². The van der Waals surface area contributed by atoms with E-state index in [4.69, 9.17) is 23.2 Å². The van der Waals surface area contributed by atoms with E-state index < -0.39 is 5.82 Å². The Bertz CT molecular complexity index is 617. The second-order valence-corrected chi connectivity index (χ2v) is 5.45. The van der Waals surface area contributed by atoms with Crippen LogP contribution >= 0.6 is 23.2 Å². The molecule has 0 amide bonds. The third-order valence-corrected chi connectivity index (χ3v) is 3.45. The topological polar surface area (TPSA) is 37.8 Å². The van der Waals surface area contributed by atoms with Crippen LogP contribution in [0.1, 0.15) is 30.9 Å². The fourth-order valence-electron chi connectivity index (χ4n) is 1.86. The molecule has 0 atom stereocenters. The molecule has 1 aromatic heterocycles. The van der Waals surface area contributed by atoms with Gasteiger partial charge in [-0.25, -0.2) is 14.4 Å². The molecule has 2 rings (SSSR count). The van der Waals surface area contributed by atoms with Crippen molar-refractivity contribution in [3.8, 4) is 0 Å². The summed E-state index contributed by atoms with van der Waals surface area (Å²) in [7, 11) is 0. The highest BCUT2D eigenvalue weighted by Gasteiger charge is 2.13. The largest absolute Gasteiger partial charge is 0.366 e. The number of nitrogens with one attached hydrogen (secondary N) is 1. The number of hydrogen-bond acceptors (Lipinski definition) is 3. The molecule has 0 saturated carbocycles. The number of hydrogen-bond donors (Lipinski definition) is 1. The SMILES string of the molecule is CC(C)c1c(Cl)ncnc1NCc1ccc(F)c(Cl)c1. The molecule has 1 N–H and O–H groups in total. The third-order valence-electron chi connectivity index (χ3n) is 2.86. The van der Waals surface area contributed by atoms with E-state index in [1.54, 1.807) is 12.1 Å². The molecule has 0 bridgehead atoms. The van der Waals surface area contributed by atoms with Crippen LogP contribution in [0.4, 0.5) is 10.2 Å². The first-order valence-electron chi connectivity index (χ1n) is 6.17. The summed E-state index contributed by atoms with van der Waals surface area (Å²) in [4.78, 5) is 8.19. The lowest BCUT2D eigenvalue weighted by atomic mass is 10.1. The van der Waals surface area contributed by atoms with Crippen molar-refractivity contribution in [2.75, 3.05) is 5.32 Å². The normalized spacial score (nSPS) is 10.9. The summed E-state index contributed by atoms with van der Waals surface area (Å²) >= 11 is 11.8. The summed E-state index contributed by atoms with van der Waals surface area (Å²) < 4.78 is 13.1. The van der Waals surface area contributed by atoms with Crippen LogP contribution in [0.5, 0.6) is 0 Å². The van der Waals surface area contributed by atoms with Gasteiger partial charge in [0.25, 0.3) is 0 Å². The van der Waals surface area contributed by atoms with Gasteiger partial charge in [-0.05, 0) is 23.6 Å². The predicted octanol–water partition coefficient (Wildman–Crippen LogP) is 4.66. The number of halogens is 3. The fraction of sp³-hybridized carbons (Fsp3) is 0.286. The molecule has 3 nitrogen and oxygen atoms in total. The number of aromatic nitrogens is 2. The van der Waals surface area contributed by atoms with Gasteiger partial charge in [-0.3, -0.25) is 0 Å². The van der Waals surface area contributed by atoms with Crippen LogP contribution < -0.4 is 5.32 Å². The molecule has 0 aliphatic heterocycles. The van der Waals surface area contributed by atoms with Crippen molar-refractivity contribution in [1.82, 2.24) is 9.97 Å². The molecule has 0 fully saturated rings. The van der Waals surface area contributed by atoms with Gasteiger partial charge in [0.1, 0.15) is 23.1 Å². The Morgan fingerprint density at radius 3 is 2.65 bits per heavy atom. The van der Waals surface area contributed by atoms with E-state index in [-0.39, 0.29) is 10.9 Å². The van der Waals surface area contributed by atoms with E-state index in [2.05, 4.69) is 15.3 Å². The molecule has 1 heterocycles. The number of benzene rings is 1. The highest BCUT2D eigenvalue weighted by Crippen LogP contribution is 2.28. The van der Waals surface area contributed by atoms with E-state index >= 15 is 0 Å². The van der Waals surface area contributed by atoms with Crippen LogP contribution in [-0.2, 0) is 6.54 Å². The Hall–Kier alpha value is -1.39. The fourth-order valence-corrected chi connectivity index (χ4v) is 2.42. The molecule has 0 radical (unpaired) electrons. The van der Waals surface area contributed by atoms with Crippen molar-refractivity contribution in [2.45, 2.75) is 26.3 Å². The van der Waals surface area contributed by atoms with Crippen LogP contribution in [0.2, 0.25) is 10.2 Å². The molecule has 0 aliphatic carbocycles. The van der Waals surface area contributed by atoms with Crippen LogP contribution in [0.25, 0.3) is 0 Å². The lowest BCUT2D eigenvalue weighted by Crippen LogP contribution is -2.07. The number of rotatable bonds is 4. The summed E-state index contributed by atoms with van der Waals surface area (Å²) in [5.41, 5.74) is 1.73. The maximum atomic E-state index is 13.1. The van der Waals surface area contributed by atoms with Crippen molar-refractivity contribution in [3.63, 3.8) is 0 Å². The van der Waals surface area contributed by atoms with E-state index in [0.717, 1.165) is 11.1 Å². The van der Waals surface area contributed by atoms with E-state index in [0.29, 0.717) is 17.5 Å². The quantitative estimate of drug-likeness (QED) is 0.834. The number of nitrogens with zero attached hydrogens (tertiary/aromatic N) is 2. The van der Waals surface area contributed by atoms with Crippen molar-refractivity contribution < 1.29 is 4.39 Å². The van der Waals surface area contributed by atoms with Crippen molar-refractivity contribution in [1.29, 1.82) is 0 Å². The minimum absolute atomic E-state index is 0.106. The zero-order chi connectivity index (χ0) is 14.7. The monoisotopic (exact) mass is 313 g/mol. The van der Waals surface area contributed by atoms with Gasteiger partial charge >= 0.3 is 0 Å². The first-order valence-corrected chi connectivity index (χ1v) is 6.93. The zero-order valence-corrected chi connectivity index (χ0v) is 12.6. The smallest absolute Gasteiger partial charge is 0.141 e. The van der Waals surface area contributed by atoms with Gasteiger partial charge in [-0.2, -0.15) is 0 Å². The van der Waals surface area contributed by atoms with Gasteiger partial charge in [0.05, 0.1) is 5.02 Å². The van der Waals surface area contributed by atoms with Crippen LogP contribution in [0, 0.1) is 5.82 Å². The zero-order valence-electron chi connectivity index (χ0n) is 11.1. The summed E-state index contributed by atoms with van der Waals surface area (Å²) in [5.74, 6) is 0.451. The van der Waals surface area contributed by atoms with Gasteiger partial charge in [-0.1, -0.05) is 43.1 Å². The molecular weight excluding hydrogens is 300 g/mol. The first kappa shape index (κ1) is 15.0. The van der Waals surface area contributed by atoms with Gasteiger partial charge < -0.3 is 5.32 Å². The average molecular weight is 314 g/mol. The highest BCUT2D eigenvalue weighted by atomic mass is 35.5. The Kier molecular flexibility index (Phi) is 4.78. The van der Waals surface area contributed by atoms with Gasteiger partial charge in [-0.15, -0.1) is 0 Å². The summed E-state index contributed by atoms with van der Waals surface area (Å²) in [5, 5.41) is 3.73. The molecule has 1 aromatic carbocycles. The lowest BCUT2D eigenvalue weighted by molar-refractivity contribution is 0.627. The molecular formula is C14H14Cl2FN3. The van der Waals surface area contributed by atoms with Gasteiger partial charge in [0.2, 0.25) is 0 Å². The molecule has 0 saturated heterocycles. The maximum absolute atomic E-state index is 13.1. The minimum atomic E-state index is -0.427. The summed E-state index contributed by atoms with van der Waals surface area (Å²) in [6, 6.07) is 4.60. The molecule has 2 aromatic rings. The standard InChI is InChI=1S/C14H14Cl2FN3/c1-8(2)12-13(16)19-7-20-14(12)18-6-9-3-4-11(17)10(15)5-9/h3-5,7-8H,6H2,1-2H3,(H,18,19,20). The maximum Gasteiger partial charge on any atom is 0.141 e. The predicted molar refractivity (Wildman–Crippen MR) is 79.9 cm³/mol. The summed E-state index contributed by atoms with van der Waals surface area (Å²) in [6.45, 7) is 4.52. The third kappa shape index (κ3) is 3.38. The van der Waals surface area contributed by atoms with Crippen LogP contribution in [-0.4, -0.2) is 9.97 Å². The summed E-state index contributed by atoms with van der Waals surface area (Å²) in [6.07, 6.45) is 1.41. The highest BCUT2D eigenvalue weighted by molar-refractivity contribution is 6.31. The van der Waals surface area contributed by atoms with Gasteiger partial charge in [0, 0.05) is 12.1 Å². The molecule has 6 heteroatoms. The van der Waals surface area contributed by atoms with Crippen molar-refractivity contribution in [2.24, 2.45) is 0 Å².